The molecule has 2 aromatic rings. The van der Waals surface area contributed by atoms with E-state index in [0.29, 0.717) is 11.1 Å². The van der Waals surface area contributed by atoms with E-state index in [1.807, 2.05) is 6.92 Å². The van der Waals surface area contributed by atoms with Gasteiger partial charge in [0.05, 0.1) is 5.41 Å². The van der Waals surface area contributed by atoms with Crippen molar-refractivity contribution in [1.29, 1.82) is 0 Å². The molecule has 0 heterocycles. The van der Waals surface area contributed by atoms with Gasteiger partial charge in [0.1, 0.15) is 17.9 Å². The summed E-state index contributed by atoms with van der Waals surface area (Å²) in [7, 11) is 0. The van der Waals surface area contributed by atoms with Crippen molar-refractivity contribution in [2.24, 2.45) is 5.92 Å². The zero-order chi connectivity index (χ0) is 15.5. The first-order valence-electron chi connectivity index (χ1n) is 6.65. The van der Waals surface area contributed by atoms with Gasteiger partial charge in [-0.15, -0.1) is 6.58 Å². The minimum Gasteiger partial charge on any atom is -0.302 e. The third kappa shape index (κ3) is 2.64. The fourth-order valence-corrected chi connectivity index (χ4v) is 2.57. The number of carbonyl (C=O) groups is 1. The lowest BCUT2D eigenvalue weighted by atomic mass is 9.67. The first-order valence-corrected chi connectivity index (χ1v) is 6.65. The van der Waals surface area contributed by atoms with E-state index in [2.05, 4.69) is 6.58 Å². The van der Waals surface area contributed by atoms with Crippen molar-refractivity contribution in [3.8, 4) is 0 Å². The third-order valence-electron chi connectivity index (χ3n) is 3.90. The minimum atomic E-state index is -1.01. The van der Waals surface area contributed by atoms with E-state index in [4.69, 9.17) is 0 Å². The number of carbonyl (C=O) groups excluding carboxylic acids is 1. The summed E-state index contributed by atoms with van der Waals surface area (Å²) in [5.41, 5.74) is 0.291. The molecule has 1 unspecified atom stereocenters. The molecule has 2 rings (SSSR count). The predicted molar refractivity (Wildman–Crippen MR) is 79.0 cm³/mol. The van der Waals surface area contributed by atoms with Gasteiger partial charge in [-0.25, -0.2) is 8.78 Å². The maximum Gasteiger partial charge on any atom is 0.135 e. The lowest BCUT2D eigenvalue weighted by Crippen LogP contribution is -2.36. The van der Waals surface area contributed by atoms with Crippen molar-refractivity contribution in [1.82, 2.24) is 0 Å². The Morgan fingerprint density at radius 3 is 1.62 bits per heavy atom. The number of benzene rings is 2. The zero-order valence-corrected chi connectivity index (χ0v) is 11.7. The van der Waals surface area contributed by atoms with Crippen molar-refractivity contribution >= 4 is 6.29 Å². The predicted octanol–water partition coefficient (Wildman–Crippen LogP) is 4.27. The summed E-state index contributed by atoms with van der Waals surface area (Å²) in [6.07, 6.45) is 2.49. The van der Waals surface area contributed by atoms with E-state index in [9.17, 15) is 13.6 Å². The highest BCUT2D eigenvalue weighted by molar-refractivity contribution is 5.76. The molecule has 0 N–H and O–H groups in total. The number of hydrogen-bond acceptors (Lipinski definition) is 1. The minimum absolute atomic E-state index is 0.231. The van der Waals surface area contributed by atoms with Crippen LogP contribution in [0.1, 0.15) is 18.1 Å². The number of halogens is 2. The second kappa shape index (κ2) is 6.00. The Morgan fingerprint density at radius 1 is 0.952 bits per heavy atom. The molecule has 0 saturated heterocycles. The summed E-state index contributed by atoms with van der Waals surface area (Å²) < 4.78 is 26.3. The first-order chi connectivity index (χ1) is 10.0. The smallest absolute Gasteiger partial charge is 0.135 e. The van der Waals surface area contributed by atoms with Crippen LogP contribution in [-0.4, -0.2) is 6.29 Å². The van der Waals surface area contributed by atoms with Gasteiger partial charge in [0, 0.05) is 0 Å². The van der Waals surface area contributed by atoms with E-state index in [1.165, 1.54) is 24.3 Å². The molecule has 1 atom stereocenters. The van der Waals surface area contributed by atoms with Crippen LogP contribution in [0.15, 0.2) is 61.2 Å². The Hall–Kier alpha value is -2.29. The molecule has 108 valence electrons. The van der Waals surface area contributed by atoms with Gasteiger partial charge in [-0.1, -0.05) is 37.3 Å². The van der Waals surface area contributed by atoms with Crippen LogP contribution >= 0.6 is 0 Å². The van der Waals surface area contributed by atoms with Gasteiger partial charge in [0.25, 0.3) is 0 Å². The van der Waals surface area contributed by atoms with Gasteiger partial charge >= 0.3 is 0 Å². The van der Waals surface area contributed by atoms with Gasteiger partial charge in [-0.2, -0.15) is 0 Å². The molecule has 21 heavy (non-hydrogen) atoms. The Kier molecular flexibility index (Phi) is 4.32. The average molecular weight is 286 g/mol. The molecule has 0 bridgehead atoms. The Labute approximate surface area is 122 Å². The van der Waals surface area contributed by atoms with Gasteiger partial charge in [0.2, 0.25) is 0 Å². The molecule has 0 aliphatic heterocycles. The SMILES string of the molecule is C=CC(C)C(C=O)(c1ccc(F)cc1)c1ccc(F)cc1. The normalized spacial score (nSPS) is 12.7. The molecular weight excluding hydrogens is 270 g/mol. The van der Waals surface area contributed by atoms with Crippen molar-refractivity contribution < 1.29 is 13.6 Å². The van der Waals surface area contributed by atoms with Crippen LogP contribution < -0.4 is 0 Å². The Balaban J connectivity index is 2.68. The molecule has 0 spiro atoms. The van der Waals surface area contributed by atoms with E-state index in [-0.39, 0.29) is 17.6 Å². The number of rotatable bonds is 5. The molecule has 0 amide bonds. The number of aldehydes is 1. The average Bonchev–Trinajstić information content (AvgIpc) is 2.51. The molecule has 1 nitrogen and oxygen atoms in total. The van der Waals surface area contributed by atoms with Crippen LogP contribution in [0.25, 0.3) is 0 Å². The Bertz CT molecular complexity index is 584. The zero-order valence-electron chi connectivity index (χ0n) is 11.7. The molecular formula is C18H16F2O. The summed E-state index contributed by atoms with van der Waals surface area (Å²) in [5, 5.41) is 0. The van der Waals surface area contributed by atoms with Crippen molar-refractivity contribution in [2.45, 2.75) is 12.3 Å². The van der Waals surface area contributed by atoms with E-state index in [0.717, 1.165) is 6.29 Å². The van der Waals surface area contributed by atoms with Crippen molar-refractivity contribution in [2.75, 3.05) is 0 Å². The summed E-state index contributed by atoms with van der Waals surface area (Å²) in [4.78, 5) is 12.0. The second-order valence-electron chi connectivity index (χ2n) is 5.03. The fraction of sp³-hybridized carbons (Fsp3) is 0.167. The largest absolute Gasteiger partial charge is 0.302 e. The van der Waals surface area contributed by atoms with Crippen molar-refractivity contribution in [3.63, 3.8) is 0 Å². The molecule has 0 saturated carbocycles. The molecule has 0 aromatic heterocycles. The van der Waals surface area contributed by atoms with Crippen LogP contribution in [0, 0.1) is 17.6 Å². The lowest BCUT2D eigenvalue weighted by molar-refractivity contribution is -0.112. The Morgan fingerprint density at radius 2 is 1.33 bits per heavy atom. The van der Waals surface area contributed by atoms with Crippen LogP contribution in [0.4, 0.5) is 8.78 Å². The molecule has 0 aliphatic carbocycles. The van der Waals surface area contributed by atoms with Gasteiger partial charge < -0.3 is 4.79 Å². The van der Waals surface area contributed by atoms with Gasteiger partial charge in [0.15, 0.2) is 0 Å². The van der Waals surface area contributed by atoms with Gasteiger partial charge in [-0.3, -0.25) is 0 Å². The van der Waals surface area contributed by atoms with Crippen LogP contribution in [0.3, 0.4) is 0 Å². The number of allylic oxidation sites excluding steroid dienone is 1. The fourth-order valence-electron chi connectivity index (χ4n) is 2.57. The maximum atomic E-state index is 13.2. The van der Waals surface area contributed by atoms with Crippen LogP contribution in [-0.2, 0) is 10.2 Å². The van der Waals surface area contributed by atoms with E-state index in [1.54, 1.807) is 30.3 Å². The summed E-state index contributed by atoms with van der Waals surface area (Å²) in [5.74, 6) is -0.973. The maximum absolute atomic E-state index is 13.2. The molecule has 0 radical (unpaired) electrons. The molecule has 0 fully saturated rings. The second-order valence-corrected chi connectivity index (χ2v) is 5.03. The summed E-state index contributed by atoms with van der Waals surface area (Å²) >= 11 is 0. The molecule has 3 heteroatoms. The highest BCUT2D eigenvalue weighted by Gasteiger charge is 2.38. The van der Waals surface area contributed by atoms with Gasteiger partial charge in [-0.05, 0) is 41.3 Å². The quantitative estimate of drug-likeness (QED) is 0.592. The van der Waals surface area contributed by atoms with E-state index < -0.39 is 5.41 Å². The highest BCUT2D eigenvalue weighted by atomic mass is 19.1. The summed E-state index contributed by atoms with van der Waals surface area (Å²) in [6, 6.07) is 11.6. The third-order valence-corrected chi connectivity index (χ3v) is 3.90. The topological polar surface area (TPSA) is 17.1 Å². The molecule has 2 aromatic carbocycles. The number of hydrogen-bond donors (Lipinski definition) is 0. The lowest BCUT2D eigenvalue weighted by Gasteiger charge is -2.33. The monoisotopic (exact) mass is 286 g/mol. The highest BCUT2D eigenvalue weighted by Crippen LogP contribution is 2.38. The first kappa shape index (κ1) is 15.1. The van der Waals surface area contributed by atoms with Crippen LogP contribution in [0.5, 0.6) is 0 Å². The molecule has 0 aliphatic rings. The van der Waals surface area contributed by atoms with Crippen molar-refractivity contribution in [3.05, 3.63) is 83.9 Å². The van der Waals surface area contributed by atoms with E-state index >= 15 is 0 Å². The summed E-state index contributed by atoms with van der Waals surface area (Å²) in [6.45, 7) is 5.61. The standard InChI is InChI=1S/C18H16F2O/c1-3-13(2)18(12-21,14-4-8-16(19)9-5-14)15-6-10-17(20)11-7-15/h3-13H,1H2,2H3. The van der Waals surface area contributed by atoms with Crippen LogP contribution in [0.2, 0.25) is 0 Å².